The van der Waals surface area contributed by atoms with Gasteiger partial charge in [0.15, 0.2) is 5.78 Å². The molecule has 1 N–H and O–H groups in total. The SMILES string of the molecule is CC(C)(C)OC(=O)[C@@H]1C(=O)C[C@](C)(O)[C@@H](C(=O)OC(C)(C)C)[C@@H]1c1ccc([N+](=O)[O-])cc1. The van der Waals surface area contributed by atoms with Crippen molar-refractivity contribution in [2.24, 2.45) is 11.8 Å². The Morgan fingerprint density at radius 1 is 1.03 bits per heavy atom. The predicted octanol–water partition coefficient (Wildman–Crippen LogP) is 3.32. The number of aliphatic hydroxyl groups is 1. The molecule has 1 aromatic carbocycles. The normalized spacial score (nSPS) is 26.4. The minimum Gasteiger partial charge on any atom is -0.460 e. The van der Waals surface area contributed by atoms with Gasteiger partial charge in [0.2, 0.25) is 0 Å². The van der Waals surface area contributed by atoms with Crippen LogP contribution in [0.5, 0.6) is 0 Å². The Morgan fingerprint density at radius 2 is 1.50 bits per heavy atom. The topological polar surface area (TPSA) is 133 Å². The highest BCUT2D eigenvalue weighted by atomic mass is 16.6. The Balaban J connectivity index is 2.66. The quantitative estimate of drug-likeness (QED) is 0.320. The van der Waals surface area contributed by atoms with E-state index in [-0.39, 0.29) is 5.69 Å². The van der Waals surface area contributed by atoms with E-state index in [9.17, 15) is 29.6 Å². The molecule has 0 heterocycles. The number of nitro groups is 1. The number of hydrogen-bond donors (Lipinski definition) is 1. The molecule has 1 saturated carbocycles. The molecule has 9 heteroatoms. The average Bonchev–Trinajstić information content (AvgIpc) is 2.56. The molecular formula is C23H31NO8. The van der Waals surface area contributed by atoms with Gasteiger partial charge in [-0.05, 0) is 54.0 Å². The Labute approximate surface area is 187 Å². The van der Waals surface area contributed by atoms with E-state index in [4.69, 9.17) is 9.47 Å². The van der Waals surface area contributed by atoms with E-state index in [0.29, 0.717) is 5.56 Å². The standard InChI is InChI=1S/C23H31NO8/c1-21(2,3)31-19(26)17-15(25)12-23(7,28)18(20(27)32-22(4,5)6)16(17)13-8-10-14(11-9-13)24(29)30/h8-11,16-18,28H,12H2,1-7H3/t16-,17-,18-,23+/m1/s1. The van der Waals surface area contributed by atoms with Crippen molar-refractivity contribution < 1.29 is 33.9 Å². The lowest BCUT2D eigenvalue weighted by Gasteiger charge is -2.44. The largest absolute Gasteiger partial charge is 0.460 e. The van der Waals surface area contributed by atoms with Crippen molar-refractivity contribution in [2.45, 2.75) is 77.6 Å². The van der Waals surface area contributed by atoms with Crippen molar-refractivity contribution in [1.82, 2.24) is 0 Å². The summed E-state index contributed by atoms with van der Waals surface area (Å²) >= 11 is 0. The lowest BCUT2D eigenvalue weighted by Crippen LogP contribution is -2.56. The van der Waals surface area contributed by atoms with E-state index in [1.807, 2.05) is 0 Å². The number of hydrogen-bond acceptors (Lipinski definition) is 8. The molecule has 2 rings (SSSR count). The van der Waals surface area contributed by atoms with E-state index in [2.05, 4.69) is 0 Å². The predicted molar refractivity (Wildman–Crippen MR) is 115 cm³/mol. The molecule has 9 nitrogen and oxygen atoms in total. The van der Waals surface area contributed by atoms with Crippen molar-refractivity contribution in [3.8, 4) is 0 Å². The van der Waals surface area contributed by atoms with Crippen LogP contribution in [-0.2, 0) is 23.9 Å². The second kappa shape index (κ2) is 8.61. The van der Waals surface area contributed by atoms with E-state index < -0.39 is 63.6 Å². The van der Waals surface area contributed by atoms with E-state index in [1.165, 1.54) is 31.2 Å². The van der Waals surface area contributed by atoms with Gasteiger partial charge in [-0.2, -0.15) is 0 Å². The molecule has 0 spiro atoms. The number of rotatable bonds is 4. The Kier molecular flexibility index (Phi) is 6.85. The second-order valence-corrected chi connectivity index (χ2v) is 10.4. The minimum absolute atomic E-state index is 0.190. The summed E-state index contributed by atoms with van der Waals surface area (Å²) in [5.74, 6) is -5.96. The summed E-state index contributed by atoms with van der Waals surface area (Å²) in [4.78, 5) is 49.8. The smallest absolute Gasteiger partial charge is 0.317 e. The molecule has 176 valence electrons. The first kappa shape index (κ1) is 25.5. The zero-order chi connectivity index (χ0) is 24.6. The number of esters is 2. The second-order valence-electron chi connectivity index (χ2n) is 10.4. The summed E-state index contributed by atoms with van der Waals surface area (Å²) in [5.41, 5.74) is -3.44. The molecule has 0 bridgehead atoms. The zero-order valence-electron chi connectivity index (χ0n) is 19.5. The van der Waals surface area contributed by atoms with Gasteiger partial charge in [-0.1, -0.05) is 12.1 Å². The Bertz CT molecular complexity index is 905. The lowest BCUT2D eigenvalue weighted by molar-refractivity contribution is -0.384. The van der Waals surface area contributed by atoms with Gasteiger partial charge in [0.25, 0.3) is 5.69 Å². The highest BCUT2D eigenvalue weighted by Gasteiger charge is 2.57. The van der Waals surface area contributed by atoms with Gasteiger partial charge in [0.1, 0.15) is 17.1 Å². The molecule has 1 aliphatic rings. The van der Waals surface area contributed by atoms with Crippen LogP contribution in [0, 0.1) is 22.0 Å². The molecule has 0 amide bonds. The molecule has 0 aliphatic heterocycles. The third kappa shape index (κ3) is 5.91. The highest BCUT2D eigenvalue weighted by molar-refractivity contribution is 6.03. The molecule has 32 heavy (non-hydrogen) atoms. The maximum atomic E-state index is 13.2. The maximum absolute atomic E-state index is 13.2. The monoisotopic (exact) mass is 449 g/mol. The highest BCUT2D eigenvalue weighted by Crippen LogP contribution is 2.47. The van der Waals surface area contributed by atoms with Gasteiger partial charge in [-0.25, -0.2) is 0 Å². The molecule has 1 fully saturated rings. The number of nitrogens with zero attached hydrogens (tertiary/aromatic N) is 1. The van der Waals surface area contributed by atoms with Gasteiger partial charge in [0.05, 0.1) is 16.4 Å². The summed E-state index contributed by atoms with van der Waals surface area (Å²) in [6, 6.07) is 5.21. The molecule has 1 aromatic rings. The van der Waals surface area contributed by atoms with Crippen LogP contribution in [0.3, 0.4) is 0 Å². The van der Waals surface area contributed by atoms with Crippen LogP contribution in [-0.4, -0.2) is 44.6 Å². The van der Waals surface area contributed by atoms with Crippen molar-refractivity contribution in [1.29, 1.82) is 0 Å². The average molecular weight is 450 g/mol. The van der Waals surface area contributed by atoms with Gasteiger partial charge >= 0.3 is 11.9 Å². The summed E-state index contributed by atoms with van der Waals surface area (Å²) in [7, 11) is 0. The minimum atomic E-state index is -1.80. The molecule has 0 radical (unpaired) electrons. The van der Waals surface area contributed by atoms with Crippen molar-refractivity contribution in [3.05, 3.63) is 39.9 Å². The molecule has 4 atom stereocenters. The van der Waals surface area contributed by atoms with E-state index in [0.717, 1.165) is 0 Å². The van der Waals surface area contributed by atoms with Crippen molar-refractivity contribution in [2.75, 3.05) is 0 Å². The van der Waals surface area contributed by atoms with Crippen LogP contribution in [0.1, 0.15) is 66.4 Å². The van der Waals surface area contributed by atoms with E-state index in [1.54, 1.807) is 41.5 Å². The van der Waals surface area contributed by atoms with Crippen molar-refractivity contribution >= 4 is 23.4 Å². The summed E-state index contributed by atoms with van der Waals surface area (Å²) < 4.78 is 11.0. The van der Waals surface area contributed by atoms with Crippen LogP contribution >= 0.6 is 0 Å². The Morgan fingerprint density at radius 3 is 1.94 bits per heavy atom. The Hall–Kier alpha value is -2.81. The number of non-ortho nitro benzene ring substituents is 1. The van der Waals surface area contributed by atoms with Gasteiger partial charge in [-0.15, -0.1) is 0 Å². The molecule has 0 saturated heterocycles. The maximum Gasteiger partial charge on any atom is 0.317 e. The summed E-state index contributed by atoms with van der Waals surface area (Å²) in [5, 5.41) is 22.2. The number of benzene rings is 1. The number of carbonyl (C=O) groups is 3. The third-order valence-corrected chi connectivity index (χ3v) is 5.08. The first-order chi connectivity index (χ1) is 14.4. The van der Waals surface area contributed by atoms with Crippen LogP contribution < -0.4 is 0 Å². The number of carbonyl (C=O) groups excluding carboxylic acids is 3. The fourth-order valence-electron chi connectivity index (χ4n) is 3.96. The molecule has 0 unspecified atom stereocenters. The third-order valence-electron chi connectivity index (χ3n) is 5.08. The van der Waals surface area contributed by atoms with Crippen LogP contribution in [0.4, 0.5) is 5.69 Å². The first-order valence-electron chi connectivity index (χ1n) is 10.4. The number of ether oxygens (including phenoxy) is 2. The van der Waals surface area contributed by atoms with Crippen LogP contribution in [0.2, 0.25) is 0 Å². The number of ketones is 1. The van der Waals surface area contributed by atoms with Crippen LogP contribution in [0.25, 0.3) is 0 Å². The van der Waals surface area contributed by atoms with Gasteiger partial charge < -0.3 is 14.6 Å². The van der Waals surface area contributed by atoms with Crippen molar-refractivity contribution in [3.63, 3.8) is 0 Å². The zero-order valence-corrected chi connectivity index (χ0v) is 19.5. The molecule has 1 aliphatic carbocycles. The number of Topliss-reactive ketones (excluding diaryl/α,β-unsaturated/α-hetero) is 1. The molecule has 0 aromatic heterocycles. The summed E-state index contributed by atoms with van der Waals surface area (Å²) in [6.45, 7) is 11.3. The van der Waals surface area contributed by atoms with Crippen LogP contribution in [0.15, 0.2) is 24.3 Å². The van der Waals surface area contributed by atoms with E-state index >= 15 is 0 Å². The van der Waals surface area contributed by atoms with Gasteiger partial charge in [0, 0.05) is 24.5 Å². The lowest BCUT2D eigenvalue weighted by atomic mass is 9.61. The van der Waals surface area contributed by atoms with Gasteiger partial charge in [-0.3, -0.25) is 24.5 Å². The first-order valence-corrected chi connectivity index (χ1v) is 10.4. The molecular weight excluding hydrogens is 418 g/mol. The number of nitro benzene ring substituents is 1. The fraction of sp³-hybridized carbons (Fsp3) is 0.609. The fourth-order valence-corrected chi connectivity index (χ4v) is 3.96. The summed E-state index contributed by atoms with van der Waals surface area (Å²) in [6.07, 6.45) is -0.440.